The molecule has 1 atom stereocenters. The fraction of sp³-hybridized carbons (Fsp3) is 0.500. The summed E-state index contributed by atoms with van der Waals surface area (Å²) in [5.41, 5.74) is 1.24. The maximum absolute atomic E-state index is 12.0. The third-order valence-corrected chi connectivity index (χ3v) is 3.67. The van der Waals surface area contributed by atoms with Crippen LogP contribution in [0.15, 0.2) is 30.3 Å². The molecule has 1 unspecified atom stereocenters. The van der Waals surface area contributed by atoms with Crippen molar-refractivity contribution >= 4 is 6.03 Å². The largest absolute Gasteiger partial charge is 0.331 e. The van der Waals surface area contributed by atoms with Crippen LogP contribution in [-0.4, -0.2) is 24.0 Å². The summed E-state index contributed by atoms with van der Waals surface area (Å²) in [5.74, 6) is 0.641. The molecule has 3 heteroatoms. The summed E-state index contributed by atoms with van der Waals surface area (Å²) in [5, 5.41) is 3.18. The zero-order valence-corrected chi connectivity index (χ0v) is 9.93. The first-order chi connectivity index (χ1) is 8.34. The van der Waals surface area contributed by atoms with Gasteiger partial charge in [0.05, 0.1) is 6.04 Å². The minimum Gasteiger partial charge on any atom is -0.331 e. The Bertz CT molecular complexity index is 396. The van der Waals surface area contributed by atoms with Gasteiger partial charge in [-0.25, -0.2) is 4.79 Å². The van der Waals surface area contributed by atoms with Crippen molar-refractivity contribution in [1.82, 2.24) is 10.2 Å². The standard InChI is InChI=1S/C14H18N2O/c17-14(16-9-4-10-16)15-13(12-7-8-12)11-5-2-1-3-6-11/h1-3,5-6,12-13H,4,7-10H2,(H,15,17). The van der Waals surface area contributed by atoms with Gasteiger partial charge in [0.2, 0.25) is 0 Å². The first kappa shape index (κ1) is 10.6. The molecule has 0 aromatic heterocycles. The predicted octanol–water partition coefficient (Wildman–Crippen LogP) is 2.55. The van der Waals surface area contributed by atoms with Crippen molar-refractivity contribution in [3.63, 3.8) is 0 Å². The van der Waals surface area contributed by atoms with Crippen LogP contribution >= 0.6 is 0 Å². The molecular weight excluding hydrogens is 212 g/mol. The van der Waals surface area contributed by atoms with Crippen LogP contribution in [-0.2, 0) is 0 Å². The molecule has 1 aromatic carbocycles. The summed E-state index contributed by atoms with van der Waals surface area (Å²) in [6.07, 6.45) is 3.62. The number of nitrogens with zero attached hydrogens (tertiary/aromatic N) is 1. The summed E-state index contributed by atoms with van der Waals surface area (Å²) in [6.45, 7) is 1.83. The van der Waals surface area contributed by atoms with E-state index in [1.54, 1.807) is 0 Å². The molecule has 0 radical (unpaired) electrons. The number of rotatable bonds is 3. The summed E-state index contributed by atoms with van der Waals surface area (Å²) >= 11 is 0. The van der Waals surface area contributed by atoms with Gasteiger partial charge in [0.15, 0.2) is 0 Å². The third kappa shape index (κ3) is 2.28. The molecule has 90 valence electrons. The lowest BCUT2D eigenvalue weighted by Gasteiger charge is -2.33. The Morgan fingerprint density at radius 3 is 2.47 bits per heavy atom. The number of carbonyl (C=O) groups is 1. The van der Waals surface area contributed by atoms with Crippen LogP contribution in [0.2, 0.25) is 0 Å². The molecule has 2 fully saturated rings. The summed E-state index contributed by atoms with van der Waals surface area (Å²) in [4.78, 5) is 13.8. The number of hydrogen-bond donors (Lipinski definition) is 1. The molecule has 0 bridgehead atoms. The number of hydrogen-bond acceptors (Lipinski definition) is 1. The number of urea groups is 1. The number of amides is 2. The lowest BCUT2D eigenvalue weighted by molar-refractivity contribution is 0.162. The molecule has 0 spiro atoms. The van der Waals surface area contributed by atoms with E-state index in [0.29, 0.717) is 5.92 Å². The minimum atomic E-state index is 0.108. The van der Waals surface area contributed by atoms with Crippen molar-refractivity contribution in [3.8, 4) is 0 Å². The van der Waals surface area contributed by atoms with E-state index in [2.05, 4.69) is 17.4 Å². The number of nitrogens with one attached hydrogen (secondary N) is 1. The lowest BCUT2D eigenvalue weighted by Crippen LogP contribution is -2.48. The molecule has 2 amide bonds. The number of likely N-dealkylation sites (tertiary alicyclic amines) is 1. The molecular formula is C14H18N2O. The van der Waals surface area contributed by atoms with Crippen LogP contribution in [0.25, 0.3) is 0 Å². The van der Waals surface area contributed by atoms with Crippen LogP contribution in [0.5, 0.6) is 0 Å². The molecule has 1 saturated carbocycles. The maximum atomic E-state index is 12.0. The fourth-order valence-electron chi connectivity index (χ4n) is 2.31. The minimum absolute atomic E-state index is 0.108. The van der Waals surface area contributed by atoms with Crippen LogP contribution in [0.3, 0.4) is 0 Å². The first-order valence-electron chi connectivity index (χ1n) is 6.45. The summed E-state index contributed by atoms with van der Waals surface area (Å²) < 4.78 is 0. The average molecular weight is 230 g/mol. The average Bonchev–Trinajstić information content (AvgIpc) is 3.08. The molecule has 1 N–H and O–H groups in total. The van der Waals surface area contributed by atoms with E-state index in [-0.39, 0.29) is 12.1 Å². The van der Waals surface area contributed by atoms with Crippen molar-refractivity contribution in [2.75, 3.05) is 13.1 Å². The topological polar surface area (TPSA) is 32.3 Å². The Kier molecular flexibility index (Phi) is 2.75. The van der Waals surface area contributed by atoms with Gasteiger partial charge in [-0.15, -0.1) is 0 Å². The normalized spacial score (nSPS) is 20.6. The SMILES string of the molecule is O=C(NC(c1ccccc1)C1CC1)N1CCC1. The van der Waals surface area contributed by atoms with Gasteiger partial charge in [-0.1, -0.05) is 30.3 Å². The van der Waals surface area contributed by atoms with Gasteiger partial charge >= 0.3 is 6.03 Å². The van der Waals surface area contributed by atoms with E-state index < -0.39 is 0 Å². The van der Waals surface area contributed by atoms with Gasteiger partial charge in [-0.2, -0.15) is 0 Å². The second-order valence-corrected chi connectivity index (χ2v) is 5.02. The highest BCUT2D eigenvalue weighted by Crippen LogP contribution is 2.41. The summed E-state index contributed by atoms with van der Waals surface area (Å²) in [7, 11) is 0. The first-order valence-corrected chi connectivity index (χ1v) is 6.45. The molecule has 1 aliphatic heterocycles. The third-order valence-electron chi connectivity index (χ3n) is 3.67. The Balaban J connectivity index is 1.70. The van der Waals surface area contributed by atoms with E-state index in [1.807, 2.05) is 23.1 Å². The molecule has 1 aromatic rings. The Hall–Kier alpha value is -1.51. The van der Waals surface area contributed by atoms with Crippen molar-refractivity contribution < 1.29 is 4.79 Å². The van der Waals surface area contributed by atoms with Gasteiger partial charge in [-0.3, -0.25) is 0 Å². The van der Waals surface area contributed by atoms with Crippen LogP contribution < -0.4 is 5.32 Å². The van der Waals surface area contributed by atoms with E-state index in [1.165, 1.54) is 18.4 Å². The van der Waals surface area contributed by atoms with Crippen LogP contribution in [0.1, 0.15) is 30.9 Å². The Labute approximate surface area is 102 Å². The molecule has 3 nitrogen and oxygen atoms in total. The maximum Gasteiger partial charge on any atom is 0.317 e. The summed E-state index contributed by atoms with van der Waals surface area (Å²) in [6, 6.07) is 10.6. The zero-order valence-electron chi connectivity index (χ0n) is 9.93. The molecule has 1 heterocycles. The second-order valence-electron chi connectivity index (χ2n) is 5.02. The van der Waals surface area contributed by atoms with Gasteiger partial charge in [0.1, 0.15) is 0 Å². The van der Waals surface area contributed by atoms with Crippen molar-refractivity contribution in [1.29, 1.82) is 0 Å². The Morgan fingerprint density at radius 1 is 1.24 bits per heavy atom. The van der Waals surface area contributed by atoms with E-state index in [4.69, 9.17) is 0 Å². The predicted molar refractivity (Wildman–Crippen MR) is 66.6 cm³/mol. The molecule has 3 rings (SSSR count). The Morgan fingerprint density at radius 2 is 1.94 bits per heavy atom. The molecule has 2 aliphatic rings. The smallest absolute Gasteiger partial charge is 0.317 e. The van der Waals surface area contributed by atoms with Gasteiger partial charge in [0, 0.05) is 13.1 Å². The quantitative estimate of drug-likeness (QED) is 0.850. The number of benzene rings is 1. The van der Waals surface area contributed by atoms with Crippen molar-refractivity contribution in [2.24, 2.45) is 5.92 Å². The van der Waals surface area contributed by atoms with Gasteiger partial charge in [-0.05, 0) is 30.7 Å². The molecule has 1 aliphatic carbocycles. The highest BCUT2D eigenvalue weighted by molar-refractivity contribution is 5.75. The highest BCUT2D eigenvalue weighted by Gasteiger charge is 2.34. The zero-order chi connectivity index (χ0) is 11.7. The molecule has 17 heavy (non-hydrogen) atoms. The van der Waals surface area contributed by atoms with E-state index in [9.17, 15) is 4.79 Å². The highest BCUT2D eigenvalue weighted by atomic mass is 16.2. The fourth-order valence-corrected chi connectivity index (χ4v) is 2.31. The van der Waals surface area contributed by atoms with E-state index in [0.717, 1.165) is 19.5 Å². The second kappa shape index (κ2) is 4.40. The van der Waals surface area contributed by atoms with E-state index >= 15 is 0 Å². The van der Waals surface area contributed by atoms with Crippen LogP contribution in [0.4, 0.5) is 4.79 Å². The van der Waals surface area contributed by atoms with Crippen molar-refractivity contribution in [3.05, 3.63) is 35.9 Å². The lowest BCUT2D eigenvalue weighted by atomic mass is 10.0. The monoisotopic (exact) mass is 230 g/mol. The van der Waals surface area contributed by atoms with Crippen LogP contribution in [0, 0.1) is 5.92 Å². The van der Waals surface area contributed by atoms with Crippen molar-refractivity contribution in [2.45, 2.75) is 25.3 Å². The molecule has 1 saturated heterocycles. The van der Waals surface area contributed by atoms with Gasteiger partial charge in [0.25, 0.3) is 0 Å². The number of carbonyl (C=O) groups excluding carboxylic acids is 1. The van der Waals surface area contributed by atoms with Gasteiger partial charge < -0.3 is 10.2 Å².